The number of hydrogen-bond acceptors (Lipinski definition) is 2. The molecular weight excluding hydrogens is 280 g/mol. The standard InChI is InChI=1S/C14H15BrO2/c1-8-4-5-17-14(8)13(16)11-6-10(3)12(15)7-9(11)2/h4-7,13,16H,1-3H3. The predicted octanol–water partition coefficient (Wildman–Crippen LogP) is 4.05. The lowest BCUT2D eigenvalue weighted by Crippen LogP contribution is -2.03. The third-order valence-electron chi connectivity index (χ3n) is 2.99. The Kier molecular flexibility index (Phi) is 3.40. The van der Waals surface area contributed by atoms with Gasteiger partial charge in [0.25, 0.3) is 0 Å². The monoisotopic (exact) mass is 294 g/mol. The van der Waals surface area contributed by atoms with Gasteiger partial charge < -0.3 is 9.52 Å². The Morgan fingerprint density at radius 3 is 2.41 bits per heavy atom. The molecule has 2 aromatic rings. The van der Waals surface area contributed by atoms with Crippen LogP contribution in [0.15, 0.2) is 33.4 Å². The molecule has 1 aromatic heterocycles. The van der Waals surface area contributed by atoms with Crippen molar-refractivity contribution < 1.29 is 9.52 Å². The molecule has 1 N–H and O–H groups in total. The van der Waals surface area contributed by atoms with Crippen LogP contribution in [0.2, 0.25) is 0 Å². The Morgan fingerprint density at radius 1 is 1.12 bits per heavy atom. The van der Waals surface area contributed by atoms with Crippen LogP contribution < -0.4 is 0 Å². The van der Waals surface area contributed by atoms with Gasteiger partial charge in [0.05, 0.1) is 6.26 Å². The number of rotatable bonds is 2. The highest BCUT2D eigenvalue weighted by Gasteiger charge is 2.18. The van der Waals surface area contributed by atoms with Crippen LogP contribution in [0.3, 0.4) is 0 Å². The molecule has 0 saturated carbocycles. The van der Waals surface area contributed by atoms with Crippen molar-refractivity contribution in [1.82, 2.24) is 0 Å². The van der Waals surface area contributed by atoms with Crippen molar-refractivity contribution in [3.05, 3.63) is 56.9 Å². The maximum Gasteiger partial charge on any atom is 0.139 e. The highest BCUT2D eigenvalue weighted by Crippen LogP contribution is 2.30. The van der Waals surface area contributed by atoms with Gasteiger partial charge in [-0.05, 0) is 55.2 Å². The van der Waals surface area contributed by atoms with Gasteiger partial charge in [0.2, 0.25) is 0 Å². The Labute approximate surface area is 109 Å². The zero-order chi connectivity index (χ0) is 12.6. The molecule has 0 saturated heterocycles. The first-order valence-corrected chi connectivity index (χ1v) is 6.28. The molecule has 3 heteroatoms. The number of hydrogen-bond donors (Lipinski definition) is 1. The molecule has 1 unspecified atom stereocenters. The van der Waals surface area contributed by atoms with E-state index < -0.39 is 6.10 Å². The summed E-state index contributed by atoms with van der Waals surface area (Å²) in [5.41, 5.74) is 4.01. The number of aliphatic hydroxyl groups excluding tert-OH is 1. The molecule has 0 aliphatic rings. The van der Waals surface area contributed by atoms with E-state index in [0.717, 1.165) is 26.7 Å². The average Bonchev–Trinajstić information content (AvgIpc) is 2.69. The topological polar surface area (TPSA) is 33.4 Å². The van der Waals surface area contributed by atoms with E-state index in [1.807, 2.05) is 39.0 Å². The second-order valence-electron chi connectivity index (χ2n) is 4.33. The molecule has 0 fully saturated rings. The zero-order valence-electron chi connectivity index (χ0n) is 10.1. The zero-order valence-corrected chi connectivity index (χ0v) is 11.7. The largest absolute Gasteiger partial charge is 0.466 e. The molecule has 1 heterocycles. The van der Waals surface area contributed by atoms with E-state index in [9.17, 15) is 5.11 Å². The molecule has 0 spiro atoms. The summed E-state index contributed by atoms with van der Waals surface area (Å²) < 4.78 is 6.40. The van der Waals surface area contributed by atoms with Crippen LogP contribution in [0.1, 0.15) is 34.1 Å². The van der Waals surface area contributed by atoms with Gasteiger partial charge in [-0.15, -0.1) is 0 Å². The lowest BCUT2D eigenvalue weighted by atomic mass is 9.98. The third kappa shape index (κ3) is 2.31. The van der Waals surface area contributed by atoms with Gasteiger partial charge in [-0.2, -0.15) is 0 Å². The van der Waals surface area contributed by atoms with E-state index >= 15 is 0 Å². The van der Waals surface area contributed by atoms with Crippen molar-refractivity contribution in [2.45, 2.75) is 26.9 Å². The molecule has 0 radical (unpaired) electrons. The maximum atomic E-state index is 10.3. The minimum Gasteiger partial charge on any atom is -0.466 e. The Morgan fingerprint density at radius 2 is 1.82 bits per heavy atom. The summed E-state index contributed by atoms with van der Waals surface area (Å²) in [7, 11) is 0. The minimum atomic E-state index is -0.697. The van der Waals surface area contributed by atoms with Crippen LogP contribution in [0.25, 0.3) is 0 Å². The second-order valence-corrected chi connectivity index (χ2v) is 5.18. The van der Waals surface area contributed by atoms with Crippen LogP contribution in [0, 0.1) is 20.8 Å². The minimum absolute atomic E-state index is 0.620. The first kappa shape index (κ1) is 12.4. The summed E-state index contributed by atoms with van der Waals surface area (Å²) >= 11 is 3.49. The van der Waals surface area contributed by atoms with Crippen molar-refractivity contribution in [3.63, 3.8) is 0 Å². The van der Waals surface area contributed by atoms with Gasteiger partial charge in [-0.25, -0.2) is 0 Å². The lowest BCUT2D eigenvalue weighted by molar-refractivity contribution is 0.187. The van der Waals surface area contributed by atoms with Gasteiger partial charge in [0.1, 0.15) is 11.9 Å². The summed E-state index contributed by atoms with van der Waals surface area (Å²) in [6.45, 7) is 5.93. The van der Waals surface area contributed by atoms with Crippen LogP contribution in [0.5, 0.6) is 0 Å². The molecule has 0 amide bonds. The highest BCUT2D eigenvalue weighted by molar-refractivity contribution is 9.10. The van der Waals surface area contributed by atoms with E-state index in [-0.39, 0.29) is 0 Å². The lowest BCUT2D eigenvalue weighted by Gasteiger charge is -2.14. The SMILES string of the molecule is Cc1cc(C(O)c2occc2C)c(C)cc1Br. The number of benzene rings is 1. The number of aryl methyl sites for hydroxylation is 3. The Balaban J connectivity index is 2.48. The second kappa shape index (κ2) is 4.67. The third-order valence-corrected chi connectivity index (χ3v) is 3.85. The molecule has 2 rings (SSSR count). The molecule has 0 bridgehead atoms. The van der Waals surface area contributed by atoms with Gasteiger partial charge in [0.15, 0.2) is 0 Å². The van der Waals surface area contributed by atoms with E-state index in [4.69, 9.17) is 4.42 Å². The highest BCUT2D eigenvalue weighted by atomic mass is 79.9. The molecular formula is C14H15BrO2. The summed E-state index contributed by atoms with van der Waals surface area (Å²) in [6, 6.07) is 5.87. The fourth-order valence-electron chi connectivity index (χ4n) is 1.90. The van der Waals surface area contributed by atoms with Gasteiger partial charge in [-0.1, -0.05) is 22.0 Å². The van der Waals surface area contributed by atoms with E-state index in [2.05, 4.69) is 15.9 Å². The van der Waals surface area contributed by atoms with E-state index in [1.54, 1.807) is 6.26 Å². The molecule has 1 atom stereocenters. The van der Waals surface area contributed by atoms with E-state index in [1.165, 1.54) is 0 Å². The summed E-state index contributed by atoms with van der Waals surface area (Å²) in [5, 5.41) is 10.3. The van der Waals surface area contributed by atoms with Gasteiger partial charge >= 0.3 is 0 Å². The molecule has 0 aliphatic heterocycles. The van der Waals surface area contributed by atoms with Crippen LogP contribution >= 0.6 is 15.9 Å². The molecule has 90 valence electrons. The summed E-state index contributed by atoms with van der Waals surface area (Å²) in [6.07, 6.45) is 0.909. The quantitative estimate of drug-likeness (QED) is 0.906. The number of furan rings is 1. The maximum absolute atomic E-state index is 10.3. The summed E-state index contributed by atoms with van der Waals surface area (Å²) in [5.74, 6) is 0.620. The van der Waals surface area contributed by atoms with Crippen molar-refractivity contribution in [1.29, 1.82) is 0 Å². The number of aliphatic hydroxyl groups is 1. The first-order valence-electron chi connectivity index (χ1n) is 5.49. The number of halogens is 1. The Hall–Kier alpha value is -1.06. The van der Waals surface area contributed by atoms with Crippen LogP contribution in [-0.4, -0.2) is 5.11 Å². The normalized spacial score (nSPS) is 12.8. The fraction of sp³-hybridized carbons (Fsp3) is 0.286. The van der Waals surface area contributed by atoms with Crippen molar-refractivity contribution >= 4 is 15.9 Å². The van der Waals surface area contributed by atoms with Crippen molar-refractivity contribution in [2.24, 2.45) is 0 Å². The fourth-order valence-corrected chi connectivity index (χ4v) is 2.36. The van der Waals surface area contributed by atoms with Crippen molar-refractivity contribution in [3.8, 4) is 0 Å². The van der Waals surface area contributed by atoms with E-state index in [0.29, 0.717) is 5.76 Å². The molecule has 17 heavy (non-hydrogen) atoms. The van der Waals surface area contributed by atoms with Crippen molar-refractivity contribution in [2.75, 3.05) is 0 Å². The smallest absolute Gasteiger partial charge is 0.139 e. The predicted molar refractivity (Wildman–Crippen MR) is 71.1 cm³/mol. The van der Waals surface area contributed by atoms with Crippen LogP contribution in [-0.2, 0) is 0 Å². The first-order chi connectivity index (χ1) is 8.00. The molecule has 0 aliphatic carbocycles. The molecule has 1 aromatic carbocycles. The molecule has 2 nitrogen and oxygen atoms in total. The van der Waals surface area contributed by atoms with Gasteiger partial charge in [0, 0.05) is 4.47 Å². The van der Waals surface area contributed by atoms with Crippen LogP contribution in [0.4, 0.5) is 0 Å². The Bertz CT molecular complexity index is 543. The summed E-state index contributed by atoms with van der Waals surface area (Å²) in [4.78, 5) is 0. The van der Waals surface area contributed by atoms with Gasteiger partial charge in [-0.3, -0.25) is 0 Å². The average molecular weight is 295 g/mol.